The highest BCUT2D eigenvalue weighted by atomic mass is 16.6. The molecule has 0 fully saturated rings. The molecule has 0 aliphatic carbocycles. The first-order valence-corrected chi connectivity index (χ1v) is 8.31. The standard InChI is InChI=1S/C19H18N2O7/c1-3-27-18-9-6-14(10-16(18)21(25)26)19(24)28-11-17(23)13-4-7-15(8-5-13)20-12(2)22/h4-10H,3,11H2,1-2H3,(H,20,22). The Kier molecular flexibility index (Phi) is 6.80. The van der Waals surface area contributed by atoms with E-state index in [-0.39, 0.29) is 29.5 Å². The molecule has 0 spiro atoms. The summed E-state index contributed by atoms with van der Waals surface area (Å²) < 4.78 is 10.1. The third-order valence-corrected chi connectivity index (χ3v) is 3.55. The maximum absolute atomic E-state index is 12.1. The fourth-order valence-corrected chi connectivity index (χ4v) is 2.31. The number of anilines is 1. The van der Waals surface area contributed by atoms with Crippen LogP contribution < -0.4 is 10.1 Å². The number of ether oxygens (including phenoxy) is 2. The van der Waals surface area contributed by atoms with Crippen LogP contribution >= 0.6 is 0 Å². The second kappa shape index (κ2) is 9.26. The molecule has 0 saturated carbocycles. The number of Topliss-reactive ketones (excluding diaryl/α,β-unsaturated/α-hetero) is 1. The average molecular weight is 386 g/mol. The Morgan fingerprint density at radius 3 is 2.29 bits per heavy atom. The molecule has 0 heterocycles. The fraction of sp³-hybridized carbons (Fsp3) is 0.211. The van der Waals surface area contributed by atoms with Crippen LogP contribution in [0.3, 0.4) is 0 Å². The Morgan fingerprint density at radius 1 is 1.07 bits per heavy atom. The minimum Gasteiger partial charge on any atom is -0.487 e. The zero-order valence-electron chi connectivity index (χ0n) is 15.3. The molecule has 2 rings (SSSR count). The molecule has 0 radical (unpaired) electrons. The number of amides is 1. The summed E-state index contributed by atoms with van der Waals surface area (Å²) in [5.74, 6) is -1.52. The molecule has 146 valence electrons. The lowest BCUT2D eigenvalue weighted by atomic mass is 10.1. The molecular weight excluding hydrogens is 368 g/mol. The van der Waals surface area contributed by atoms with Crippen molar-refractivity contribution in [3.05, 3.63) is 63.7 Å². The number of nitro groups is 1. The summed E-state index contributed by atoms with van der Waals surface area (Å²) >= 11 is 0. The van der Waals surface area contributed by atoms with Crippen LogP contribution in [0.4, 0.5) is 11.4 Å². The van der Waals surface area contributed by atoms with E-state index in [1.54, 1.807) is 19.1 Å². The zero-order valence-corrected chi connectivity index (χ0v) is 15.3. The first-order chi connectivity index (χ1) is 13.3. The Balaban J connectivity index is 2.03. The second-order valence-corrected chi connectivity index (χ2v) is 5.63. The van der Waals surface area contributed by atoms with Crippen molar-refractivity contribution in [3.8, 4) is 5.75 Å². The van der Waals surface area contributed by atoms with Crippen molar-refractivity contribution in [2.75, 3.05) is 18.5 Å². The third-order valence-electron chi connectivity index (χ3n) is 3.55. The lowest BCUT2D eigenvalue weighted by Gasteiger charge is -2.08. The first-order valence-electron chi connectivity index (χ1n) is 8.31. The molecule has 0 unspecified atom stereocenters. The second-order valence-electron chi connectivity index (χ2n) is 5.63. The maximum Gasteiger partial charge on any atom is 0.338 e. The van der Waals surface area contributed by atoms with Crippen LogP contribution in [0.25, 0.3) is 0 Å². The number of carbonyl (C=O) groups excluding carboxylic acids is 3. The van der Waals surface area contributed by atoms with Crippen LogP contribution in [-0.4, -0.2) is 35.8 Å². The van der Waals surface area contributed by atoms with Crippen molar-refractivity contribution in [1.29, 1.82) is 0 Å². The van der Waals surface area contributed by atoms with Gasteiger partial charge in [-0.25, -0.2) is 4.79 Å². The molecule has 0 bridgehead atoms. The number of carbonyl (C=O) groups is 3. The van der Waals surface area contributed by atoms with Gasteiger partial charge in [0.2, 0.25) is 5.91 Å². The predicted molar refractivity (Wildman–Crippen MR) is 99.6 cm³/mol. The SMILES string of the molecule is CCOc1ccc(C(=O)OCC(=O)c2ccc(NC(C)=O)cc2)cc1[N+](=O)[O-]. The number of nitrogens with zero attached hydrogens (tertiary/aromatic N) is 1. The van der Waals surface area contributed by atoms with Crippen molar-refractivity contribution < 1.29 is 28.8 Å². The predicted octanol–water partition coefficient (Wildman–Crippen LogP) is 2.99. The van der Waals surface area contributed by atoms with Crippen LogP contribution in [-0.2, 0) is 9.53 Å². The molecule has 28 heavy (non-hydrogen) atoms. The topological polar surface area (TPSA) is 125 Å². The molecule has 1 amide bonds. The van der Waals surface area contributed by atoms with E-state index in [0.717, 1.165) is 6.07 Å². The summed E-state index contributed by atoms with van der Waals surface area (Å²) in [5.41, 5.74) is 0.391. The van der Waals surface area contributed by atoms with Gasteiger partial charge in [-0.2, -0.15) is 0 Å². The van der Waals surface area contributed by atoms with Crippen LogP contribution in [0.15, 0.2) is 42.5 Å². The quantitative estimate of drug-likeness (QED) is 0.320. The Bertz CT molecular complexity index is 907. The van der Waals surface area contributed by atoms with Crippen LogP contribution in [0.5, 0.6) is 5.75 Å². The van der Waals surface area contributed by atoms with E-state index in [1.165, 1.54) is 31.2 Å². The van der Waals surface area contributed by atoms with E-state index in [2.05, 4.69) is 5.32 Å². The number of benzene rings is 2. The van der Waals surface area contributed by atoms with Gasteiger partial charge in [0.05, 0.1) is 17.1 Å². The van der Waals surface area contributed by atoms with Crippen LogP contribution in [0.2, 0.25) is 0 Å². The molecule has 0 aliphatic heterocycles. The van der Waals surface area contributed by atoms with Crippen molar-refractivity contribution in [2.45, 2.75) is 13.8 Å². The zero-order chi connectivity index (χ0) is 20.7. The lowest BCUT2D eigenvalue weighted by Crippen LogP contribution is -2.14. The van der Waals surface area contributed by atoms with Crippen molar-refractivity contribution >= 4 is 29.0 Å². The number of ketones is 1. The Hall–Kier alpha value is -3.75. The molecule has 0 saturated heterocycles. The molecule has 2 aromatic rings. The van der Waals surface area contributed by atoms with Gasteiger partial charge in [0.15, 0.2) is 18.1 Å². The molecule has 0 aromatic heterocycles. The fourth-order valence-electron chi connectivity index (χ4n) is 2.31. The van der Waals surface area contributed by atoms with Crippen molar-refractivity contribution in [3.63, 3.8) is 0 Å². The Morgan fingerprint density at radius 2 is 1.71 bits per heavy atom. The van der Waals surface area contributed by atoms with Gasteiger partial charge < -0.3 is 14.8 Å². The van der Waals surface area contributed by atoms with Crippen molar-refractivity contribution in [2.24, 2.45) is 0 Å². The van der Waals surface area contributed by atoms with Gasteiger partial charge >= 0.3 is 11.7 Å². The summed E-state index contributed by atoms with van der Waals surface area (Å²) in [6.45, 7) is 2.75. The van der Waals surface area contributed by atoms with Crippen molar-refractivity contribution in [1.82, 2.24) is 0 Å². The molecule has 0 aliphatic rings. The van der Waals surface area contributed by atoms with E-state index in [1.807, 2.05) is 0 Å². The number of nitro benzene ring substituents is 1. The largest absolute Gasteiger partial charge is 0.487 e. The summed E-state index contributed by atoms with van der Waals surface area (Å²) in [6, 6.07) is 9.75. The van der Waals surface area contributed by atoms with E-state index >= 15 is 0 Å². The van der Waals surface area contributed by atoms with E-state index in [9.17, 15) is 24.5 Å². The van der Waals surface area contributed by atoms with Gasteiger partial charge in [-0.1, -0.05) is 0 Å². The normalized spacial score (nSPS) is 10.1. The summed E-state index contributed by atoms with van der Waals surface area (Å²) in [7, 11) is 0. The minimum absolute atomic E-state index is 0.0411. The lowest BCUT2D eigenvalue weighted by molar-refractivity contribution is -0.385. The van der Waals surface area contributed by atoms with Crippen LogP contribution in [0.1, 0.15) is 34.6 Å². The molecular formula is C19H18N2O7. The van der Waals surface area contributed by atoms with Gasteiger partial charge in [0, 0.05) is 24.2 Å². The number of hydrogen-bond acceptors (Lipinski definition) is 7. The number of esters is 1. The molecule has 9 heteroatoms. The molecule has 9 nitrogen and oxygen atoms in total. The molecule has 0 atom stereocenters. The summed E-state index contributed by atoms with van der Waals surface area (Å²) in [4.78, 5) is 45.7. The van der Waals surface area contributed by atoms with Crippen LogP contribution in [0, 0.1) is 10.1 Å². The van der Waals surface area contributed by atoms with Gasteiger partial charge in [-0.15, -0.1) is 0 Å². The van der Waals surface area contributed by atoms with E-state index in [0.29, 0.717) is 11.3 Å². The smallest absolute Gasteiger partial charge is 0.338 e. The highest BCUT2D eigenvalue weighted by Gasteiger charge is 2.20. The number of hydrogen-bond donors (Lipinski definition) is 1. The molecule has 1 N–H and O–H groups in total. The average Bonchev–Trinajstić information content (AvgIpc) is 2.66. The van der Waals surface area contributed by atoms with Gasteiger partial charge in [0.25, 0.3) is 0 Å². The summed E-state index contributed by atoms with van der Waals surface area (Å²) in [6.07, 6.45) is 0. The van der Waals surface area contributed by atoms with E-state index < -0.39 is 23.3 Å². The highest BCUT2D eigenvalue weighted by Crippen LogP contribution is 2.28. The highest BCUT2D eigenvalue weighted by molar-refractivity contribution is 6.00. The Labute approximate surface area is 160 Å². The van der Waals surface area contributed by atoms with Gasteiger partial charge in [-0.05, 0) is 43.3 Å². The number of rotatable bonds is 8. The van der Waals surface area contributed by atoms with Gasteiger partial charge in [-0.3, -0.25) is 19.7 Å². The monoisotopic (exact) mass is 386 g/mol. The van der Waals surface area contributed by atoms with Gasteiger partial charge in [0.1, 0.15) is 0 Å². The third kappa shape index (κ3) is 5.37. The first kappa shape index (κ1) is 20.6. The molecule has 2 aromatic carbocycles. The van der Waals surface area contributed by atoms with E-state index in [4.69, 9.17) is 9.47 Å². The number of nitrogens with one attached hydrogen (secondary N) is 1. The minimum atomic E-state index is -0.866. The summed E-state index contributed by atoms with van der Waals surface area (Å²) in [5, 5.41) is 13.7. The maximum atomic E-state index is 12.1.